The lowest BCUT2D eigenvalue weighted by Gasteiger charge is -2.26. The number of benzene rings is 1. The summed E-state index contributed by atoms with van der Waals surface area (Å²) in [5.41, 5.74) is -0.0287. The molecular formula is C21H29N3O7S2. The molecule has 0 radical (unpaired) electrons. The van der Waals surface area contributed by atoms with Crippen LogP contribution in [0.3, 0.4) is 0 Å². The van der Waals surface area contributed by atoms with Gasteiger partial charge in [-0.15, -0.1) is 0 Å². The van der Waals surface area contributed by atoms with Crippen LogP contribution in [0.1, 0.15) is 27.2 Å². The van der Waals surface area contributed by atoms with Crippen molar-refractivity contribution in [1.29, 1.82) is 0 Å². The quantitative estimate of drug-likeness (QED) is 0.627. The molecule has 2 aliphatic rings. The first-order chi connectivity index (χ1) is 15.4. The van der Waals surface area contributed by atoms with Crippen LogP contribution in [0.2, 0.25) is 0 Å². The number of nitrogens with one attached hydrogen (secondary N) is 1. The second-order valence-corrected chi connectivity index (χ2v) is 12.0. The van der Waals surface area contributed by atoms with E-state index >= 15 is 0 Å². The SMILES string of the molecule is COc1ccc(N2C(=NC(=O)CCNC(=O)OC(C)(C)C)S[C@@H]3CS(=O)(=O)C[C@H]32)c(OC)c1. The van der Waals surface area contributed by atoms with Gasteiger partial charge in [-0.2, -0.15) is 4.99 Å². The van der Waals surface area contributed by atoms with Gasteiger partial charge in [0, 0.05) is 24.3 Å². The van der Waals surface area contributed by atoms with Crippen molar-refractivity contribution in [2.45, 2.75) is 44.1 Å². The highest BCUT2D eigenvalue weighted by Crippen LogP contribution is 2.44. The second kappa shape index (κ2) is 9.80. The van der Waals surface area contributed by atoms with Crippen molar-refractivity contribution in [2.75, 3.05) is 37.2 Å². The molecule has 1 aromatic carbocycles. The predicted octanol–water partition coefficient (Wildman–Crippen LogP) is 2.22. The van der Waals surface area contributed by atoms with Gasteiger partial charge in [-0.25, -0.2) is 13.2 Å². The predicted molar refractivity (Wildman–Crippen MR) is 127 cm³/mol. The number of thioether (sulfide) groups is 1. The van der Waals surface area contributed by atoms with Crippen LogP contribution in [0.4, 0.5) is 10.5 Å². The number of amidine groups is 1. The molecule has 12 heteroatoms. The summed E-state index contributed by atoms with van der Waals surface area (Å²) in [5.74, 6) is 0.610. The summed E-state index contributed by atoms with van der Waals surface area (Å²) in [6.45, 7) is 5.32. The van der Waals surface area contributed by atoms with Gasteiger partial charge < -0.3 is 24.4 Å². The molecule has 2 amide bonds. The van der Waals surface area contributed by atoms with Crippen molar-refractivity contribution in [3.8, 4) is 11.5 Å². The molecule has 0 unspecified atom stereocenters. The largest absolute Gasteiger partial charge is 0.497 e. The highest BCUT2D eigenvalue weighted by atomic mass is 32.2. The third kappa shape index (κ3) is 6.32. The first kappa shape index (κ1) is 25.2. The van der Waals surface area contributed by atoms with Gasteiger partial charge in [0.2, 0.25) is 5.91 Å². The standard InChI is InChI=1S/C21H29N3O7S2/c1-21(2,3)31-20(26)22-9-8-18(25)23-19-24(15-11-33(27,28)12-17(15)32-19)14-7-6-13(29-4)10-16(14)30-5/h6-7,10,15,17H,8-9,11-12H2,1-5H3,(H,22,26)/t15-,17-/m1/s1. The maximum atomic E-state index is 12.6. The lowest BCUT2D eigenvalue weighted by molar-refractivity contribution is -0.117. The number of carbonyl (C=O) groups excluding carboxylic acids is 2. The fourth-order valence-corrected chi connectivity index (χ4v) is 7.50. The number of carbonyl (C=O) groups is 2. The Kier molecular flexibility index (Phi) is 7.47. The monoisotopic (exact) mass is 499 g/mol. The lowest BCUT2D eigenvalue weighted by Crippen LogP contribution is -2.38. The van der Waals surface area contributed by atoms with E-state index in [1.165, 1.54) is 26.0 Å². The number of methoxy groups -OCH3 is 2. The van der Waals surface area contributed by atoms with Crippen molar-refractivity contribution in [2.24, 2.45) is 4.99 Å². The molecular weight excluding hydrogens is 470 g/mol. The fraction of sp³-hybridized carbons (Fsp3) is 0.571. The molecule has 0 spiro atoms. The van der Waals surface area contributed by atoms with Gasteiger partial charge in [0.15, 0.2) is 15.0 Å². The van der Waals surface area contributed by atoms with Gasteiger partial charge >= 0.3 is 6.09 Å². The maximum absolute atomic E-state index is 12.6. The van der Waals surface area contributed by atoms with Crippen LogP contribution >= 0.6 is 11.8 Å². The number of nitrogens with zero attached hydrogens (tertiary/aromatic N) is 2. The van der Waals surface area contributed by atoms with Crippen LogP contribution in [-0.4, -0.2) is 74.7 Å². The third-order valence-corrected chi connectivity index (χ3v) is 8.15. The summed E-state index contributed by atoms with van der Waals surface area (Å²) < 4.78 is 40.4. The van der Waals surface area contributed by atoms with Crippen LogP contribution in [0.5, 0.6) is 11.5 Å². The zero-order chi connectivity index (χ0) is 24.4. The minimum atomic E-state index is -3.20. The van der Waals surface area contributed by atoms with Crippen LogP contribution in [0.25, 0.3) is 0 Å². The number of alkyl carbamates (subject to hydrolysis) is 1. The minimum absolute atomic E-state index is 0.0186. The molecule has 1 N–H and O–H groups in total. The van der Waals surface area contributed by atoms with E-state index in [1.54, 1.807) is 43.9 Å². The number of fused-ring (bicyclic) bond motifs is 1. The number of aliphatic imine (C=N–C) groups is 1. The lowest BCUT2D eigenvalue weighted by atomic mass is 10.2. The molecule has 3 rings (SSSR count). The maximum Gasteiger partial charge on any atom is 0.407 e. The first-order valence-electron chi connectivity index (χ1n) is 10.4. The Morgan fingerprint density at radius 2 is 1.94 bits per heavy atom. The number of rotatable bonds is 6. The molecule has 2 fully saturated rings. The molecule has 33 heavy (non-hydrogen) atoms. The van der Waals surface area contributed by atoms with Crippen molar-refractivity contribution >= 4 is 44.5 Å². The molecule has 182 valence electrons. The molecule has 2 atom stereocenters. The molecule has 2 saturated heterocycles. The number of hydrogen-bond donors (Lipinski definition) is 1. The van der Waals surface area contributed by atoms with Gasteiger partial charge in [-0.3, -0.25) is 4.79 Å². The van der Waals surface area contributed by atoms with Crippen LogP contribution in [0.15, 0.2) is 23.2 Å². The first-order valence-corrected chi connectivity index (χ1v) is 13.1. The Morgan fingerprint density at radius 3 is 2.58 bits per heavy atom. The fourth-order valence-electron chi connectivity index (χ4n) is 3.58. The van der Waals surface area contributed by atoms with Crippen molar-refractivity contribution in [1.82, 2.24) is 5.32 Å². The van der Waals surface area contributed by atoms with Crippen molar-refractivity contribution in [3.05, 3.63) is 18.2 Å². The van der Waals surface area contributed by atoms with Crippen LogP contribution in [0, 0.1) is 0 Å². The molecule has 1 aromatic rings. The number of hydrogen-bond acceptors (Lipinski definition) is 8. The zero-order valence-electron chi connectivity index (χ0n) is 19.3. The van der Waals surface area contributed by atoms with Gasteiger partial charge in [-0.05, 0) is 32.9 Å². The summed E-state index contributed by atoms with van der Waals surface area (Å²) in [5, 5.41) is 2.70. The van der Waals surface area contributed by atoms with E-state index in [0.717, 1.165) is 0 Å². The normalized spacial score (nSPS) is 22.7. The summed E-state index contributed by atoms with van der Waals surface area (Å²) in [6, 6.07) is 4.83. The Balaban J connectivity index is 1.80. The van der Waals surface area contributed by atoms with Crippen LogP contribution < -0.4 is 19.7 Å². The molecule has 0 bridgehead atoms. The van der Waals surface area contributed by atoms with E-state index in [4.69, 9.17) is 14.2 Å². The van der Waals surface area contributed by atoms with Crippen molar-refractivity contribution in [3.63, 3.8) is 0 Å². The Labute approximate surface area is 198 Å². The number of anilines is 1. The Bertz CT molecular complexity index is 1050. The second-order valence-electron chi connectivity index (χ2n) is 8.68. The molecule has 10 nitrogen and oxygen atoms in total. The smallest absolute Gasteiger partial charge is 0.407 e. The van der Waals surface area contributed by atoms with Crippen LogP contribution in [-0.2, 0) is 19.4 Å². The number of ether oxygens (including phenoxy) is 3. The summed E-state index contributed by atoms with van der Waals surface area (Å²) in [6.07, 6.45) is -0.632. The topological polar surface area (TPSA) is 124 Å². The average Bonchev–Trinajstić information content (AvgIpc) is 3.16. The Hall–Kier alpha value is -2.47. The van der Waals surface area contributed by atoms with E-state index in [1.807, 2.05) is 0 Å². The summed E-state index contributed by atoms with van der Waals surface area (Å²) >= 11 is 1.27. The molecule has 0 aromatic heterocycles. The van der Waals surface area contributed by atoms with E-state index in [9.17, 15) is 18.0 Å². The zero-order valence-corrected chi connectivity index (χ0v) is 20.9. The molecule has 2 heterocycles. The van der Waals surface area contributed by atoms with E-state index in [0.29, 0.717) is 22.4 Å². The number of amides is 2. The summed E-state index contributed by atoms with van der Waals surface area (Å²) in [4.78, 5) is 30.3. The number of sulfone groups is 1. The van der Waals surface area contributed by atoms with Gasteiger partial charge in [0.05, 0.1) is 37.5 Å². The van der Waals surface area contributed by atoms with Gasteiger partial charge in [-0.1, -0.05) is 11.8 Å². The third-order valence-electron chi connectivity index (χ3n) is 4.94. The van der Waals surface area contributed by atoms with E-state index in [-0.39, 0.29) is 35.8 Å². The van der Waals surface area contributed by atoms with E-state index < -0.39 is 27.4 Å². The van der Waals surface area contributed by atoms with Gasteiger partial charge in [0.1, 0.15) is 17.1 Å². The van der Waals surface area contributed by atoms with E-state index in [2.05, 4.69) is 10.3 Å². The van der Waals surface area contributed by atoms with Crippen molar-refractivity contribution < 1.29 is 32.2 Å². The minimum Gasteiger partial charge on any atom is -0.497 e. The Morgan fingerprint density at radius 1 is 1.21 bits per heavy atom. The molecule has 0 aliphatic carbocycles. The highest BCUT2D eigenvalue weighted by molar-refractivity contribution is 8.16. The average molecular weight is 500 g/mol. The highest BCUT2D eigenvalue weighted by Gasteiger charge is 2.50. The molecule has 0 saturated carbocycles. The molecule has 2 aliphatic heterocycles. The van der Waals surface area contributed by atoms with Gasteiger partial charge in [0.25, 0.3) is 0 Å². The summed E-state index contributed by atoms with van der Waals surface area (Å²) in [7, 11) is -0.152.